The number of carbonyl (C=O) groups is 1. The molecule has 1 aromatic rings. The lowest BCUT2D eigenvalue weighted by Crippen LogP contribution is -2.31. The first kappa shape index (κ1) is 13.2. The third kappa shape index (κ3) is 3.32. The highest BCUT2D eigenvalue weighted by Gasteiger charge is 2.17. The normalized spacial score (nSPS) is 9.82. The molecule has 0 aromatic heterocycles. The van der Waals surface area contributed by atoms with Crippen LogP contribution in [0, 0.1) is 10.1 Å². The van der Waals surface area contributed by atoms with Gasteiger partial charge in [0, 0.05) is 24.7 Å². The maximum Gasteiger partial charge on any atom is 0.321 e. The lowest BCUT2D eigenvalue weighted by Gasteiger charge is -2.15. The molecule has 1 aromatic carbocycles. The average molecular weight is 258 g/mol. The fourth-order valence-corrected chi connectivity index (χ4v) is 1.28. The van der Waals surface area contributed by atoms with Crippen molar-refractivity contribution in [3.8, 4) is 0 Å². The highest BCUT2D eigenvalue weighted by Crippen LogP contribution is 2.27. The van der Waals surface area contributed by atoms with Crippen molar-refractivity contribution >= 4 is 29.0 Å². The number of benzene rings is 1. The maximum absolute atomic E-state index is 11.6. The van der Waals surface area contributed by atoms with Gasteiger partial charge in [0.15, 0.2) is 0 Å². The molecular formula is C10H12ClN3O3. The van der Waals surface area contributed by atoms with Gasteiger partial charge in [-0.25, -0.2) is 4.79 Å². The summed E-state index contributed by atoms with van der Waals surface area (Å²) in [6, 6.07) is 3.68. The zero-order chi connectivity index (χ0) is 13.0. The van der Waals surface area contributed by atoms with E-state index in [1.165, 1.54) is 23.1 Å². The standard InChI is InChI=1S/C10H12ClN3O3/c1-3-13(2)10(15)12-8-5-4-7(11)6-9(8)14(16)17/h4-6H,3H2,1-2H3,(H,12,15). The van der Waals surface area contributed by atoms with Crippen LogP contribution in [0.2, 0.25) is 5.02 Å². The molecule has 0 heterocycles. The molecule has 0 saturated heterocycles. The smallest absolute Gasteiger partial charge is 0.321 e. The molecule has 0 fully saturated rings. The number of hydrogen-bond acceptors (Lipinski definition) is 3. The number of amides is 2. The van der Waals surface area contributed by atoms with Crippen LogP contribution in [0.15, 0.2) is 18.2 Å². The van der Waals surface area contributed by atoms with Crippen molar-refractivity contribution in [3.05, 3.63) is 33.3 Å². The molecule has 0 saturated carbocycles. The zero-order valence-corrected chi connectivity index (χ0v) is 10.2. The number of carbonyl (C=O) groups excluding carboxylic acids is 1. The molecule has 0 aliphatic heterocycles. The van der Waals surface area contributed by atoms with Crippen molar-refractivity contribution in [3.63, 3.8) is 0 Å². The summed E-state index contributed by atoms with van der Waals surface area (Å²) in [5, 5.41) is 13.5. The molecule has 92 valence electrons. The van der Waals surface area contributed by atoms with Crippen molar-refractivity contribution in [1.29, 1.82) is 0 Å². The first-order valence-corrected chi connectivity index (χ1v) is 5.29. The molecule has 6 nitrogen and oxygen atoms in total. The summed E-state index contributed by atoms with van der Waals surface area (Å²) in [6.45, 7) is 2.31. The molecule has 0 aliphatic rings. The summed E-state index contributed by atoms with van der Waals surface area (Å²) in [5.74, 6) is 0. The van der Waals surface area contributed by atoms with E-state index in [0.717, 1.165) is 0 Å². The van der Waals surface area contributed by atoms with E-state index in [1.54, 1.807) is 14.0 Å². The molecule has 1 N–H and O–H groups in total. The summed E-state index contributed by atoms with van der Waals surface area (Å²) >= 11 is 5.66. The van der Waals surface area contributed by atoms with Crippen LogP contribution in [-0.2, 0) is 0 Å². The van der Waals surface area contributed by atoms with Gasteiger partial charge in [0.25, 0.3) is 5.69 Å². The number of urea groups is 1. The molecule has 2 amide bonds. The molecule has 7 heteroatoms. The number of anilines is 1. The van der Waals surface area contributed by atoms with Gasteiger partial charge >= 0.3 is 6.03 Å². The second-order valence-corrected chi connectivity index (χ2v) is 3.80. The fourth-order valence-electron chi connectivity index (χ4n) is 1.12. The van der Waals surface area contributed by atoms with Gasteiger partial charge in [0.1, 0.15) is 5.69 Å². The topological polar surface area (TPSA) is 75.5 Å². The van der Waals surface area contributed by atoms with E-state index in [2.05, 4.69) is 5.32 Å². The van der Waals surface area contributed by atoms with Gasteiger partial charge in [-0.05, 0) is 19.1 Å². The lowest BCUT2D eigenvalue weighted by molar-refractivity contribution is -0.383. The Morgan fingerprint density at radius 2 is 2.24 bits per heavy atom. The summed E-state index contributed by atoms with van der Waals surface area (Å²) < 4.78 is 0. The van der Waals surface area contributed by atoms with E-state index in [9.17, 15) is 14.9 Å². The minimum Gasteiger partial charge on any atom is -0.328 e. The molecule has 17 heavy (non-hydrogen) atoms. The number of halogens is 1. The molecular weight excluding hydrogens is 246 g/mol. The molecule has 0 unspecified atom stereocenters. The Kier molecular flexibility index (Phi) is 4.28. The Morgan fingerprint density at radius 1 is 1.59 bits per heavy atom. The van der Waals surface area contributed by atoms with Crippen molar-refractivity contribution < 1.29 is 9.72 Å². The van der Waals surface area contributed by atoms with E-state index < -0.39 is 11.0 Å². The largest absolute Gasteiger partial charge is 0.328 e. The monoisotopic (exact) mass is 257 g/mol. The Bertz CT molecular complexity index is 450. The summed E-state index contributed by atoms with van der Waals surface area (Å²) in [4.78, 5) is 23.2. The highest BCUT2D eigenvalue weighted by atomic mass is 35.5. The van der Waals surface area contributed by atoms with Crippen LogP contribution in [0.1, 0.15) is 6.92 Å². The van der Waals surface area contributed by atoms with E-state index in [1.807, 2.05) is 0 Å². The average Bonchev–Trinajstić information content (AvgIpc) is 2.29. The van der Waals surface area contributed by atoms with Crippen LogP contribution in [0.4, 0.5) is 16.2 Å². The number of hydrogen-bond donors (Lipinski definition) is 1. The Labute approximate surface area is 103 Å². The van der Waals surface area contributed by atoms with Crippen LogP contribution in [0.3, 0.4) is 0 Å². The van der Waals surface area contributed by atoms with Gasteiger partial charge < -0.3 is 10.2 Å². The maximum atomic E-state index is 11.6. The second-order valence-electron chi connectivity index (χ2n) is 3.36. The predicted octanol–water partition coefficient (Wildman–Crippen LogP) is 2.73. The quantitative estimate of drug-likeness (QED) is 0.668. The van der Waals surface area contributed by atoms with Crippen LogP contribution in [-0.4, -0.2) is 29.4 Å². The SMILES string of the molecule is CCN(C)C(=O)Nc1ccc(Cl)cc1[N+](=O)[O-]. The van der Waals surface area contributed by atoms with Crippen LogP contribution in [0.5, 0.6) is 0 Å². The minimum atomic E-state index is -0.590. The first-order chi connectivity index (χ1) is 7.95. The lowest BCUT2D eigenvalue weighted by atomic mass is 10.2. The number of rotatable bonds is 3. The van der Waals surface area contributed by atoms with Gasteiger partial charge in [0.2, 0.25) is 0 Å². The summed E-state index contributed by atoms with van der Waals surface area (Å²) in [5.41, 5.74) is -0.0972. The van der Waals surface area contributed by atoms with E-state index in [-0.39, 0.29) is 16.4 Å². The second kappa shape index (κ2) is 5.49. The van der Waals surface area contributed by atoms with Crippen LogP contribution in [0.25, 0.3) is 0 Å². The summed E-state index contributed by atoms with van der Waals surface area (Å²) in [7, 11) is 1.59. The van der Waals surface area contributed by atoms with Gasteiger partial charge in [-0.15, -0.1) is 0 Å². The molecule has 0 aliphatic carbocycles. The first-order valence-electron chi connectivity index (χ1n) is 4.91. The Hall–Kier alpha value is -1.82. The molecule has 0 atom stereocenters. The number of nitrogens with one attached hydrogen (secondary N) is 1. The molecule has 1 rings (SSSR count). The van der Waals surface area contributed by atoms with E-state index in [4.69, 9.17) is 11.6 Å². The van der Waals surface area contributed by atoms with E-state index >= 15 is 0 Å². The molecule has 0 bridgehead atoms. The van der Waals surface area contributed by atoms with Crippen molar-refractivity contribution in [2.45, 2.75) is 6.92 Å². The minimum absolute atomic E-state index is 0.129. The molecule has 0 spiro atoms. The highest BCUT2D eigenvalue weighted by molar-refractivity contribution is 6.31. The fraction of sp³-hybridized carbons (Fsp3) is 0.300. The predicted molar refractivity (Wildman–Crippen MR) is 65.4 cm³/mol. The number of nitrogens with zero attached hydrogens (tertiary/aromatic N) is 2. The van der Waals surface area contributed by atoms with Crippen molar-refractivity contribution in [2.75, 3.05) is 18.9 Å². The van der Waals surface area contributed by atoms with Crippen LogP contribution < -0.4 is 5.32 Å². The van der Waals surface area contributed by atoms with E-state index in [0.29, 0.717) is 6.54 Å². The number of nitro groups is 1. The number of nitro benzene ring substituents is 1. The third-order valence-corrected chi connectivity index (χ3v) is 2.45. The van der Waals surface area contributed by atoms with Crippen molar-refractivity contribution in [1.82, 2.24) is 4.90 Å². The van der Waals surface area contributed by atoms with Gasteiger partial charge in [-0.3, -0.25) is 10.1 Å². The zero-order valence-electron chi connectivity index (χ0n) is 9.44. The van der Waals surface area contributed by atoms with Crippen LogP contribution >= 0.6 is 11.6 Å². The van der Waals surface area contributed by atoms with Gasteiger partial charge in [-0.1, -0.05) is 11.6 Å². The van der Waals surface area contributed by atoms with Gasteiger partial charge in [-0.2, -0.15) is 0 Å². The van der Waals surface area contributed by atoms with Crippen molar-refractivity contribution in [2.24, 2.45) is 0 Å². The molecule has 0 radical (unpaired) electrons. The Balaban J connectivity index is 2.98. The Morgan fingerprint density at radius 3 is 2.76 bits per heavy atom. The summed E-state index contributed by atoms with van der Waals surface area (Å²) in [6.07, 6.45) is 0. The third-order valence-electron chi connectivity index (χ3n) is 2.22. The van der Waals surface area contributed by atoms with Gasteiger partial charge in [0.05, 0.1) is 4.92 Å².